The van der Waals surface area contributed by atoms with E-state index in [1.54, 1.807) is 37.3 Å². The van der Waals surface area contributed by atoms with Crippen LogP contribution in [0.3, 0.4) is 0 Å². The highest BCUT2D eigenvalue weighted by molar-refractivity contribution is 6.28. The normalized spacial score (nSPS) is 14.2. The number of hydrogen-bond acceptors (Lipinski definition) is 5. The molecule has 0 unspecified atom stereocenters. The van der Waals surface area contributed by atoms with Gasteiger partial charge in [-0.2, -0.15) is 5.26 Å². The summed E-state index contributed by atoms with van der Waals surface area (Å²) in [5.41, 5.74) is 0.886. The minimum absolute atomic E-state index is 0.121. The first-order chi connectivity index (χ1) is 10.6. The summed E-state index contributed by atoms with van der Waals surface area (Å²) in [5.74, 6) is -1.50. The number of carbonyl (C=O) groups is 3. The van der Waals surface area contributed by atoms with E-state index in [4.69, 9.17) is 10.00 Å². The van der Waals surface area contributed by atoms with Crippen LogP contribution >= 0.6 is 0 Å². The van der Waals surface area contributed by atoms with Crippen molar-refractivity contribution in [2.75, 3.05) is 11.5 Å². The van der Waals surface area contributed by atoms with E-state index >= 15 is 0 Å². The van der Waals surface area contributed by atoms with Crippen molar-refractivity contribution in [1.29, 1.82) is 5.26 Å². The quantitative estimate of drug-likeness (QED) is 0.364. The Balaban J connectivity index is 2.22. The summed E-state index contributed by atoms with van der Waals surface area (Å²) in [5, 5.41) is 8.96. The lowest BCUT2D eigenvalue weighted by molar-refractivity contribution is -0.138. The number of benzene rings is 1. The van der Waals surface area contributed by atoms with Crippen LogP contribution in [0.15, 0.2) is 42.0 Å². The highest BCUT2D eigenvalue weighted by Gasteiger charge is 2.24. The van der Waals surface area contributed by atoms with E-state index in [0.29, 0.717) is 11.3 Å². The van der Waals surface area contributed by atoms with Crippen molar-refractivity contribution >= 4 is 29.5 Å². The Morgan fingerprint density at radius 1 is 1.23 bits per heavy atom. The van der Waals surface area contributed by atoms with Crippen LogP contribution in [0.2, 0.25) is 0 Å². The Morgan fingerprint density at radius 2 is 1.82 bits per heavy atom. The van der Waals surface area contributed by atoms with Crippen molar-refractivity contribution in [2.45, 2.75) is 6.92 Å². The fourth-order valence-electron chi connectivity index (χ4n) is 1.89. The fraction of sp³-hybridized carbons (Fsp3) is 0.125. The van der Waals surface area contributed by atoms with Crippen molar-refractivity contribution in [2.24, 2.45) is 0 Å². The van der Waals surface area contributed by atoms with Crippen LogP contribution in [0.4, 0.5) is 5.69 Å². The largest absolute Gasteiger partial charge is 0.462 e. The second-order valence-corrected chi connectivity index (χ2v) is 4.33. The number of carbonyl (C=O) groups excluding carboxylic acids is 3. The van der Waals surface area contributed by atoms with E-state index in [-0.39, 0.29) is 12.2 Å². The van der Waals surface area contributed by atoms with Crippen LogP contribution in [-0.4, -0.2) is 24.4 Å². The second-order valence-electron chi connectivity index (χ2n) is 4.33. The van der Waals surface area contributed by atoms with Crippen LogP contribution in [-0.2, 0) is 19.1 Å². The molecule has 1 aliphatic rings. The van der Waals surface area contributed by atoms with Gasteiger partial charge in [0.15, 0.2) is 0 Å². The molecule has 2 rings (SSSR count). The molecule has 1 heterocycles. The fourth-order valence-corrected chi connectivity index (χ4v) is 1.89. The summed E-state index contributed by atoms with van der Waals surface area (Å²) in [6.07, 6.45) is 3.78. The molecule has 0 fully saturated rings. The molecule has 0 saturated carbocycles. The average molecular weight is 296 g/mol. The summed E-state index contributed by atoms with van der Waals surface area (Å²) in [6.45, 7) is 1.84. The number of rotatable bonds is 4. The molecule has 22 heavy (non-hydrogen) atoms. The minimum Gasteiger partial charge on any atom is -0.462 e. The van der Waals surface area contributed by atoms with Gasteiger partial charge in [-0.3, -0.25) is 9.59 Å². The molecule has 0 aliphatic carbocycles. The number of amides is 2. The summed E-state index contributed by atoms with van der Waals surface area (Å²) >= 11 is 0. The molecule has 0 N–H and O–H groups in total. The third kappa shape index (κ3) is 3.10. The first-order valence-electron chi connectivity index (χ1n) is 6.52. The summed E-state index contributed by atoms with van der Waals surface area (Å²) < 4.78 is 4.76. The van der Waals surface area contributed by atoms with Crippen molar-refractivity contribution < 1.29 is 19.1 Å². The number of nitriles is 1. The van der Waals surface area contributed by atoms with Gasteiger partial charge in [-0.15, -0.1) is 0 Å². The lowest BCUT2D eigenvalue weighted by Gasteiger charge is -2.13. The summed E-state index contributed by atoms with van der Waals surface area (Å²) in [7, 11) is 0. The zero-order chi connectivity index (χ0) is 16.1. The zero-order valence-electron chi connectivity index (χ0n) is 11.8. The van der Waals surface area contributed by atoms with E-state index in [1.165, 1.54) is 18.2 Å². The number of imide groups is 1. The molecule has 1 aliphatic heterocycles. The second kappa shape index (κ2) is 6.50. The van der Waals surface area contributed by atoms with E-state index in [1.807, 2.05) is 0 Å². The molecule has 0 atom stereocenters. The van der Waals surface area contributed by atoms with Gasteiger partial charge < -0.3 is 4.74 Å². The first kappa shape index (κ1) is 15.2. The molecular formula is C16H12N2O4. The Hall–Kier alpha value is -3.20. The topological polar surface area (TPSA) is 87.5 Å². The van der Waals surface area contributed by atoms with Gasteiger partial charge >= 0.3 is 5.97 Å². The van der Waals surface area contributed by atoms with Crippen LogP contribution < -0.4 is 4.90 Å². The predicted molar refractivity (Wildman–Crippen MR) is 78.3 cm³/mol. The zero-order valence-corrected chi connectivity index (χ0v) is 11.8. The number of nitrogens with zero attached hydrogens (tertiary/aromatic N) is 2. The molecule has 0 bridgehead atoms. The van der Waals surface area contributed by atoms with Crippen molar-refractivity contribution in [1.82, 2.24) is 0 Å². The molecule has 110 valence electrons. The standard InChI is InChI=1S/C16H12N2O4/c1-2-22-16(21)12(10-17)9-11-3-5-13(6-4-11)18-14(19)7-8-15(18)20/h3-9H,2H2,1H3/b12-9+. The SMILES string of the molecule is CCOC(=O)/C(C#N)=C/c1ccc(N2C(=O)C=CC2=O)cc1. The molecule has 0 saturated heterocycles. The molecule has 1 aromatic rings. The third-order valence-electron chi connectivity index (χ3n) is 2.89. The maximum absolute atomic E-state index is 11.6. The highest BCUT2D eigenvalue weighted by atomic mass is 16.5. The van der Waals surface area contributed by atoms with Gasteiger partial charge in [-0.25, -0.2) is 9.69 Å². The monoisotopic (exact) mass is 296 g/mol. The Bertz CT molecular complexity index is 706. The van der Waals surface area contributed by atoms with E-state index in [2.05, 4.69) is 0 Å². The van der Waals surface area contributed by atoms with E-state index in [9.17, 15) is 14.4 Å². The predicted octanol–water partition coefficient (Wildman–Crippen LogP) is 1.59. The lowest BCUT2D eigenvalue weighted by Crippen LogP contribution is -2.29. The van der Waals surface area contributed by atoms with Gasteiger partial charge in [0.1, 0.15) is 11.6 Å². The smallest absolute Gasteiger partial charge is 0.348 e. The molecule has 6 nitrogen and oxygen atoms in total. The molecule has 2 amide bonds. The molecular weight excluding hydrogens is 284 g/mol. The number of esters is 1. The lowest BCUT2D eigenvalue weighted by atomic mass is 10.1. The van der Waals surface area contributed by atoms with Crippen molar-refractivity contribution in [3.63, 3.8) is 0 Å². The molecule has 1 aromatic carbocycles. The highest BCUT2D eigenvalue weighted by Crippen LogP contribution is 2.20. The maximum atomic E-state index is 11.6. The van der Waals surface area contributed by atoms with Crippen LogP contribution in [0.1, 0.15) is 12.5 Å². The van der Waals surface area contributed by atoms with Crippen LogP contribution in [0, 0.1) is 11.3 Å². The van der Waals surface area contributed by atoms with Gasteiger partial charge in [0.2, 0.25) is 0 Å². The third-order valence-corrected chi connectivity index (χ3v) is 2.89. The van der Waals surface area contributed by atoms with Crippen LogP contribution in [0.5, 0.6) is 0 Å². The molecule has 0 spiro atoms. The number of anilines is 1. The average Bonchev–Trinajstić information content (AvgIpc) is 2.85. The van der Waals surface area contributed by atoms with Gasteiger partial charge in [0, 0.05) is 12.2 Å². The van der Waals surface area contributed by atoms with Crippen molar-refractivity contribution in [3.8, 4) is 6.07 Å². The van der Waals surface area contributed by atoms with Gasteiger partial charge in [-0.05, 0) is 30.7 Å². The molecule has 0 radical (unpaired) electrons. The van der Waals surface area contributed by atoms with E-state index in [0.717, 1.165) is 4.90 Å². The van der Waals surface area contributed by atoms with E-state index < -0.39 is 17.8 Å². The number of hydrogen-bond donors (Lipinski definition) is 0. The van der Waals surface area contributed by atoms with Gasteiger partial charge in [0.05, 0.1) is 12.3 Å². The Labute approximate surface area is 126 Å². The first-order valence-corrected chi connectivity index (χ1v) is 6.52. The number of ether oxygens (including phenoxy) is 1. The van der Waals surface area contributed by atoms with Crippen LogP contribution in [0.25, 0.3) is 6.08 Å². The van der Waals surface area contributed by atoms with Crippen molar-refractivity contribution in [3.05, 3.63) is 47.6 Å². The summed E-state index contributed by atoms with van der Waals surface area (Å²) in [6, 6.07) is 8.11. The Kier molecular flexibility index (Phi) is 4.49. The van der Waals surface area contributed by atoms with Gasteiger partial charge in [-0.1, -0.05) is 12.1 Å². The molecule has 6 heteroatoms. The molecule has 0 aromatic heterocycles. The Morgan fingerprint density at radius 3 is 2.32 bits per heavy atom. The maximum Gasteiger partial charge on any atom is 0.348 e. The minimum atomic E-state index is -0.692. The van der Waals surface area contributed by atoms with Gasteiger partial charge in [0.25, 0.3) is 11.8 Å². The summed E-state index contributed by atoms with van der Waals surface area (Å²) in [4.78, 5) is 35.7.